The minimum atomic E-state index is -0.689. The van der Waals surface area contributed by atoms with E-state index in [-0.39, 0.29) is 11.8 Å². The monoisotopic (exact) mass is 458 g/mol. The van der Waals surface area contributed by atoms with Gasteiger partial charge in [0.2, 0.25) is 0 Å². The van der Waals surface area contributed by atoms with Crippen LogP contribution >= 0.6 is 0 Å². The van der Waals surface area contributed by atoms with Crippen LogP contribution in [-0.4, -0.2) is 48.5 Å². The van der Waals surface area contributed by atoms with Gasteiger partial charge in [0.05, 0.1) is 18.2 Å². The summed E-state index contributed by atoms with van der Waals surface area (Å²) in [5, 5.41) is 2.84. The topological polar surface area (TPSA) is 84.9 Å². The zero-order valence-electron chi connectivity index (χ0n) is 19.4. The SMILES string of the molecule is COC(=O)c1ccc2c(c1)C(=C1C=C(c3ccc(C(=O)N4CCCC4)cc3)C(C)(C)O1)C(=O)N2. The molecule has 0 bridgehead atoms. The largest absolute Gasteiger partial charge is 0.482 e. The average Bonchev–Trinajstić information content (AvgIpc) is 3.54. The van der Waals surface area contributed by atoms with Crippen LogP contribution in [0.25, 0.3) is 11.1 Å². The number of amides is 2. The fourth-order valence-corrected chi connectivity index (χ4v) is 4.77. The number of carbonyl (C=O) groups is 3. The van der Waals surface area contributed by atoms with E-state index in [1.807, 2.05) is 49.1 Å². The molecule has 1 N–H and O–H groups in total. The zero-order chi connectivity index (χ0) is 24.0. The first-order valence-electron chi connectivity index (χ1n) is 11.4. The number of esters is 1. The van der Waals surface area contributed by atoms with E-state index in [2.05, 4.69) is 5.32 Å². The number of ether oxygens (including phenoxy) is 2. The predicted molar refractivity (Wildman–Crippen MR) is 128 cm³/mol. The second-order valence-corrected chi connectivity index (χ2v) is 9.19. The molecular weight excluding hydrogens is 432 g/mol. The maximum absolute atomic E-state index is 12.8. The standard InChI is InChI=1S/C27H26N2O5/c1-27(2)20(16-6-8-17(9-7-16)25(31)29-12-4-5-13-29)15-22(34-27)23-19-14-18(26(32)33-3)10-11-21(19)28-24(23)30/h6-11,14-15H,4-5,12-13H2,1-3H3,(H,28,30). The summed E-state index contributed by atoms with van der Waals surface area (Å²) in [6.07, 6.45) is 3.97. The van der Waals surface area contributed by atoms with Gasteiger partial charge in [0.1, 0.15) is 11.4 Å². The average molecular weight is 459 g/mol. The van der Waals surface area contributed by atoms with Gasteiger partial charge in [0, 0.05) is 35.5 Å². The number of methoxy groups -OCH3 is 1. The lowest BCUT2D eigenvalue weighted by atomic mass is 9.91. The molecule has 7 heteroatoms. The van der Waals surface area contributed by atoms with Gasteiger partial charge in [-0.2, -0.15) is 0 Å². The van der Waals surface area contributed by atoms with Gasteiger partial charge < -0.3 is 19.7 Å². The van der Waals surface area contributed by atoms with Gasteiger partial charge in [-0.3, -0.25) is 9.59 Å². The van der Waals surface area contributed by atoms with Crippen molar-refractivity contribution in [3.05, 3.63) is 76.6 Å². The fourth-order valence-electron chi connectivity index (χ4n) is 4.77. The van der Waals surface area contributed by atoms with Crippen LogP contribution in [0, 0.1) is 0 Å². The molecule has 0 radical (unpaired) electrons. The Labute approximate surface area is 198 Å². The summed E-state index contributed by atoms with van der Waals surface area (Å²) in [4.78, 5) is 39.4. The lowest BCUT2D eigenvalue weighted by Gasteiger charge is -2.23. The van der Waals surface area contributed by atoms with E-state index in [9.17, 15) is 14.4 Å². The van der Waals surface area contributed by atoms with E-state index in [0.29, 0.717) is 33.7 Å². The van der Waals surface area contributed by atoms with Crippen LogP contribution in [0.1, 0.15) is 58.5 Å². The molecular formula is C27H26N2O5. The molecule has 7 nitrogen and oxygen atoms in total. The summed E-state index contributed by atoms with van der Waals surface area (Å²) in [5.41, 5.74) is 3.75. The molecule has 5 rings (SSSR count). The molecule has 2 aromatic carbocycles. The Kier molecular flexibility index (Phi) is 5.27. The lowest BCUT2D eigenvalue weighted by molar-refractivity contribution is -0.111. The summed E-state index contributed by atoms with van der Waals surface area (Å²) >= 11 is 0. The summed E-state index contributed by atoms with van der Waals surface area (Å²) in [5.74, 6) is -0.260. The summed E-state index contributed by atoms with van der Waals surface area (Å²) in [6, 6.07) is 12.5. The highest BCUT2D eigenvalue weighted by atomic mass is 16.5. The number of benzene rings is 2. The van der Waals surface area contributed by atoms with Gasteiger partial charge in [-0.05, 0) is 68.7 Å². The van der Waals surface area contributed by atoms with E-state index < -0.39 is 11.6 Å². The molecule has 3 heterocycles. The van der Waals surface area contributed by atoms with Crippen LogP contribution in [-0.2, 0) is 14.3 Å². The van der Waals surface area contributed by atoms with E-state index >= 15 is 0 Å². The van der Waals surface area contributed by atoms with Gasteiger partial charge in [-0.15, -0.1) is 0 Å². The second kappa shape index (κ2) is 8.17. The molecule has 34 heavy (non-hydrogen) atoms. The van der Waals surface area contributed by atoms with Crippen LogP contribution in [0.5, 0.6) is 0 Å². The van der Waals surface area contributed by atoms with Gasteiger partial charge in [-0.25, -0.2) is 4.79 Å². The summed E-state index contributed by atoms with van der Waals surface area (Å²) in [7, 11) is 1.32. The zero-order valence-corrected chi connectivity index (χ0v) is 19.4. The van der Waals surface area contributed by atoms with Gasteiger partial charge in [-0.1, -0.05) is 12.1 Å². The molecule has 0 aromatic heterocycles. The van der Waals surface area contributed by atoms with Gasteiger partial charge in [0.25, 0.3) is 11.8 Å². The Hall–Kier alpha value is -3.87. The van der Waals surface area contributed by atoms with E-state index in [1.165, 1.54) is 7.11 Å². The van der Waals surface area contributed by atoms with Crippen molar-refractivity contribution in [1.82, 2.24) is 4.90 Å². The number of nitrogens with one attached hydrogen (secondary N) is 1. The molecule has 0 unspecified atom stereocenters. The minimum absolute atomic E-state index is 0.0587. The first-order chi connectivity index (χ1) is 16.3. The smallest absolute Gasteiger partial charge is 0.337 e. The molecule has 1 saturated heterocycles. The molecule has 2 amide bonds. The van der Waals surface area contributed by atoms with Crippen LogP contribution < -0.4 is 5.32 Å². The highest BCUT2D eigenvalue weighted by Gasteiger charge is 2.38. The first kappa shape index (κ1) is 21.9. The van der Waals surface area contributed by atoms with E-state index in [1.54, 1.807) is 18.2 Å². The Morgan fingerprint density at radius 1 is 1.03 bits per heavy atom. The molecule has 0 atom stereocenters. The van der Waals surface area contributed by atoms with Crippen LogP contribution in [0.4, 0.5) is 5.69 Å². The van der Waals surface area contributed by atoms with Crippen LogP contribution in [0.3, 0.4) is 0 Å². The Morgan fingerprint density at radius 3 is 2.38 bits per heavy atom. The van der Waals surface area contributed by atoms with Crippen LogP contribution in [0.2, 0.25) is 0 Å². The van der Waals surface area contributed by atoms with Crippen molar-refractivity contribution in [3.63, 3.8) is 0 Å². The third-order valence-corrected chi connectivity index (χ3v) is 6.56. The van der Waals surface area contributed by atoms with Crippen molar-refractivity contribution in [2.75, 3.05) is 25.5 Å². The van der Waals surface area contributed by atoms with Crippen molar-refractivity contribution in [2.45, 2.75) is 32.3 Å². The summed E-state index contributed by atoms with van der Waals surface area (Å²) < 4.78 is 11.1. The number of rotatable bonds is 3. The minimum Gasteiger partial charge on any atom is -0.482 e. The molecule has 0 saturated carbocycles. The summed E-state index contributed by atoms with van der Waals surface area (Å²) in [6.45, 7) is 5.50. The first-order valence-corrected chi connectivity index (χ1v) is 11.4. The number of fused-ring (bicyclic) bond motifs is 1. The van der Waals surface area contributed by atoms with Crippen molar-refractivity contribution in [1.29, 1.82) is 0 Å². The Morgan fingerprint density at radius 2 is 1.71 bits per heavy atom. The number of hydrogen-bond donors (Lipinski definition) is 1. The number of hydrogen-bond acceptors (Lipinski definition) is 5. The van der Waals surface area contributed by atoms with Gasteiger partial charge in [0.15, 0.2) is 0 Å². The number of nitrogens with zero attached hydrogens (tertiary/aromatic N) is 1. The molecule has 174 valence electrons. The number of likely N-dealkylation sites (tertiary alicyclic amines) is 1. The highest BCUT2D eigenvalue weighted by molar-refractivity contribution is 6.32. The molecule has 3 aliphatic rings. The predicted octanol–water partition coefficient (Wildman–Crippen LogP) is 4.26. The molecule has 1 fully saturated rings. The molecule has 3 aliphatic heterocycles. The maximum Gasteiger partial charge on any atom is 0.337 e. The molecule has 0 aliphatic carbocycles. The number of anilines is 1. The normalized spacial score (nSPS) is 20.5. The third-order valence-electron chi connectivity index (χ3n) is 6.56. The molecule has 0 spiro atoms. The maximum atomic E-state index is 12.8. The van der Waals surface area contributed by atoms with Crippen molar-refractivity contribution >= 4 is 34.6 Å². The fraction of sp³-hybridized carbons (Fsp3) is 0.296. The number of carbonyl (C=O) groups excluding carboxylic acids is 3. The van der Waals surface area contributed by atoms with Gasteiger partial charge >= 0.3 is 5.97 Å². The van der Waals surface area contributed by atoms with Crippen molar-refractivity contribution in [2.24, 2.45) is 0 Å². The highest BCUT2D eigenvalue weighted by Crippen LogP contribution is 2.44. The quantitative estimate of drug-likeness (QED) is 0.549. The van der Waals surface area contributed by atoms with Crippen LogP contribution in [0.15, 0.2) is 54.3 Å². The Balaban J connectivity index is 1.51. The lowest BCUT2D eigenvalue weighted by Crippen LogP contribution is -2.27. The second-order valence-electron chi connectivity index (χ2n) is 9.19. The van der Waals surface area contributed by atoms with Crippen molar-refractivity contribution in [3.8, 4) is 0 Å². The number of allylic oxidation sites excluding steroid dienone is 1. The molecule has 2 aromatic rings. The third kappa shape index (κ3) is 3.67. The van der Waals surface area contributed by atoms with Crippen molar-refractivity contribution < 1.29 is 23.9 Å². The Bertz CT molecular complexity index is 1260. The van der Waals surface area contributed by atoms with E-state index in [4.69, 9.17) is 9.47 Å². The van der Waals surface area contributed by atoms with E-state index in [0.717, 1.165) is 37.1 Å².